The van der Waals surface area contributed by atoms with Gasteiger partial charge in [0.2, 0.25) is 0 Å². The first-order valence-corrected chi connectivity index (χ1v) is 3.98. The van der Waals surface area contributed by atoms with E-state index in [9.17, 15) is 0 Å². The van der Waals surface area contributed by atoms with Crippen molar-refractivity contribution in [3.8, 4) is 0 Å². The maximum absolute atomic E-state index is 7.22. The van der Waals surface area contributed by atoms with E-state index in [4.69, 9.17) is 11.1 Å². The number of nitrogens with one attached hydrogen (secondary N) is 1. The van der Waals surface area contributed by atoms with Crippen LogP contribution in [-0.4, -0.2) is 5.84 Å². The van der Waals surface area contributed by atoms with Crippen molar-refractivity contribution in [2.75, 3.05) is 0 Å². The van der Waals surface area contributed by atoms with Gasteiger partial charge in [-0.05, 0) is 17.5 Å². The Morgan fingerprint density at radius 1 is 1.50 bits per heavy atom. The summed E-state index contributed by atoms with van der Waals surface area (Å²) >= 11 is 0. The van der Waals surface area contributed by atoms with Gasteiger partial charge in [-0.25, -0.2) is 0 Å². The Hall–Kier alpha value is -1.31. The van der Waals surface area contributed by atoms with Crippen LogP contribution in [0.5, 0.6) is 0 Å². The van der Waals surface area contributed by atoms with Gasteiger partial charge in [-0.3, -0.25) is 5.41 Å². The SMILES string of the molecule is CC(C)c1[c]c(C(=N)N)ccc1. The zero-order chi connectivity index (χ0) is 9.14. The van der Waals surface area contributed by atoms with Crippen molar-refractivity contribution >= 4 is 5.84 Å². The Bertz CT molecular complexity index is 290. The van der Waals surface area contributed by atoms with Crippen LogP contribution >= 0.6 is 0 Å². The van der Waals surface area contributed by atoms with Crippen LogP contribution in [-0.2, 0) is 0 Å². The molecular formula is C10H13N2. The molecule has 1 aromatic rings. The number of hydrogen-bond acceptors (Lipinski definition) is 1. The first kappa shape index (κ1) is 8.78. The lowest BCUT2D eigenvalue weighted by atomic mass is 10.0. The summed E-state index contributed by atoms with van der Waals surface area (Å²) < 4.78 is 0. The van der Waals surface area contributed by atoms with Crippen molar-refractivity contribution < 1.29 is 0 Å². The maximum atomic E-state index is 7.22. The summed E-state index contributed by atoms with van der Waals surface area (Å²) in [7, 11) is 0. The lowest BCUT2D eigenvalue weighted by Gasteiger charge is -2.05. The molecule has 1 aromatic carbocycles. The third kappa shape index (κ3) is 1.84. The molecule has 2 heteroatoms. The van der Waals surface area contributed by atoms with E-state index >= 15 is 0 Å². The summed E-state index contributed by atoms with van der Waals surface area (Å²) in [6.45, 7) is 4.19. The minimum atomic E-state index is 0.0810. The van der Waals surface area contributed by atoms with Crippen LogP contribution in [0, 0.1) is 11.5 Å². The fourth-order valence-corrected chi connectivity index (χ4v) is 0.981. The molecule has 0 saturated carbocycles. The second-order valence-electron chi connectivity index (χ2n) is 3.09. The molecular weight excluding hydrogens is 148 g/mol. The predicted molar refractivity (Wildman–Crippen MR) is 50.4 cm³/mol. The van der Waals surface area contributed by atoms with Crippen molar-refractivity contribution in [3.05, 3.63) is 35.4 Å². The molecule has 0 aromatic heterocycles. The highest BCUT2D eigenvalue weighted by Crippen LogP contribution is 2.14. The number of benzene rings is 1. The molecule has 0 unspecified atom stereocenters. The lowest BCUT2D eigenvalue weighted by Crippen LogP contribution is -2.11. The van der Waals surface area contributed by atoms with Crippen molar-refractivity contribution in [1.29, 1.82) is 5.41 Å². The molecule has 0 saturated heterocycles. The van der Waals surface area contributed by atoms with E-state index in [1.54, 1.807) is 6.07 Å². The number of nitrogen functional groups attached to an aromatic ring is 1. The van der Waals surface area contributed by atoms with Crippen LogP contribution < -0.4 is 5.73 Å². The Morgan fingerprint density at radius 2 is 2.17 bits per heavy atom. The van der Waals surface area contributed by atoms with Crippen LogP contribution in [0.1, 0.15) is 30.9 Å². The summed E-state index contributed by atoms with van der Waals surface area (Å²) in [6, 6.07) is 8.80. The Labute approximate surface area is 72.9 Å². The van der Waals surface area contributed by atoms with Crippen molar-refractivity contribution in [1.82, 2.24) is 0 Å². The minimum absolute atomic E-state index is 0.0810. The number of nitrogens with two attached hydrogens (primary N) is 1. The molecule has 0 fully saturated rings. The summed E-state index contributed by atoms with van der Waals surface area (Å²) in [5.74, 6) is 0.516. The van der Waals surface area contributed by atoms with E-state index < -0.39 is 0 Å². The molecule has 0 bridgehead atoms. The normalized spacial score (nSPS) is 10.2. The molecule has 0 aliphatic carbocycles. The molecule has 0 heterocycles. The zero-order valence-corrected chi connectivity index (χ0v) is 7.39. The summed E-state index contributed by atoms with van der Waals surface area (Å²) in [6.07, 6.45) is 0. The highest BCUT2D eigenvalue weighted by molar-refractivity contribution is 5.94. The van der Waals surface area contributed by atoms with Gasteiger partial charge >= 0.3 is 0 Å². The quantitative estimate of drug-likeness (QED) is 0.505. The summed E-state index contributed by atoms with van der Waals surface area (Å²) in [4.78, 5) is 0. The van der Waals surface area contributed by atoms with E-state index in [1.165, 1.54) is 0 Å². The molecule has 63 valence electrons. The average molecular weight is 161 g/mol. The molecule has 1 radical (unpaired) electrons. The second-order valence-corrected chi connectivity index (χ2v) is 3.09. The predicted octanol–water partition coefficient (Wildman–Crippen LogP) is 1.89. The van der Waals surface area contributed by atoms with Gasteiger partial charge in [0.25, 0.3) is 0 Å². The minimum Gasteiger partial charge on any atom is -0.384 e. The molecule has 0 atom stereocenters. The van der Waals surface area contributed by atoms with Gasteiger partial charge in [0, 0.05) is 5.56 Å². The van der Waals surface area contributed by atoms with Crippen LogP contribution in [0.25, 0.3) is 0 Å². The van der Waals surface area contributed by atoms with Crippen molar-refractivity contribution in [2.24, 2.45) is 5.73 Å². The van der Waals surface area contributed by atoms with Gasteiger partial charge in [-0.15, -0.1) is 0 Å². The van der Waals surface area contributed by atoms with Gasteiger partial charge in [0.05, 0.1) is 0 Å². The number of hydrogen-bond donors (Lipinski definition) is 2. The van der Waals surface area contributed by atoms with Crippen LogP contribution in [0.4, 0.5) is 0 Å². The van der Waals surface area contributed by atoms with Crippen molar-refractivity contribution in [2.45, 2.75) is 19.8 Å². The fourth-order valence-electron chi connectivity index (χ4n) is 0.981. The largest absolute Gasteiger partial charge is 0.384 e. The van der Waals surface area contributed by atoms with Gasteiger partial charge in [-0.1, -0.05) is 32.0 Å². The van der Waals surface area contributed by atoms with Crippen molar-refractivity contribution in [3.63, 3.8) is 0 Å². The highest BCUT2D eigenvalue weighted by Gasteiger charge is 2.01. The summed E-state index contributed by atoms with van der Waals surface area (Å²) in [5.41, 5.74) is 7.12. The fraction of sp³-hybridized carbons (Fsp3) is 0.300. The molecule has 0 amide bonds. The zero-order valence-electron chi connectivity index (χ0n) is 7.39. The second kappa shape index (κ2) is 3.39. The third-order valence-electron chi connectivity index (χ3n) is 1.73. The monoisotopic (exact) mass is 161 g/mol. The highest BCUT2D eigenvalue weighted by atomic mass is 14.7. The smallest absolute Gasteiger partial charge is 0.123 e. The van der Waals surface area contributed by atoms with Crippen LogP contribution in [0.3, 0.4) is 0 Å². The topological polar surface area (TPSA) is 49.9 Å². The molecule has 12 heavy (non-hydrogen) atoms. The molecule has 1 rings (SSSR count). The van der Waals surface area contributed by atoms with Gasteiger partial charge < -0.3 is 5.73 Å². The first-order chi connectivity index (χ1) is 5.61. The molecule has 2 nitrogen and oxygen atoms in total. The number of amidine groups is 1. The van der Waals surface area contributed by atoms with E-state index in [0.29, 0.717) is 11.5 Å². The van der Waals surface area contributed by atoms with Gasteiger partial charge in [-0.2, -0.15) is 0 Å². The lowest BCUT2D eigenvalue weighted by molar-refractivity contribution is 0.864. The van der Waals surface area contributed by atoms with E-state index in [-0.39, 0.29) is 5.84 Å². The van der Waals surface area contributed by atoms with E-state index in [1.807, 2.05) is 12.1 Å². The average Bonchev–Trinajstić information content (AvgIpc) is 2.04. The maximum Gasteiger partial charge on any atom is 0.123 e. The Morgan fingerprint density at radius 3 is 2.67 bits per heavy atom. The molecule has 3 N–H and O–H groups in total. The molecule has 0 aliphatic rings. The van der Waals surface area contributed by atoms with E-state index in [2.05, 4.69) is 19.9 Å². The third-order valence-corrected chi connectivity index (χ3v) is 1.73. The first-order valence-electron chi connectivity index (χ1n) is 3.98. The van der Waals surface area contributed by atoms with Gasteiger partial charge in [0.15, 0.2) is 0 Å². The Balaban J connectivity index is 3.04. The molecule has 0 spiro atoms. The Kier molecular flexibility index (Phi) is 2.48. The molecule has 0 aliphatic heterocycles. The number of rotatable bonds is 2. The van der Waals surface area contributed by atoms with Crippen LogP contribution in [0.15, 0.2) is 18.2 Å². The van der Waals surface area contributed by atoms with Crippen LogP contribution in [0.2, 0.25) is 0 Å². The van der Waals surface area contributed by atoms with Gasteiger partial charge in [0.1, 0.15) is 5.84 Å². The van der Waals surface area contributed by atoms with E-state index in [0.717, 1.165) is 5.56 Å². The standard InChI is InChI=1S/C10H13N2/c1-7(2)8-4-3-5-9(6-8)10(11)12/h3-5,7H,1-2H3,(H3,11,12). The summed E-state index contributed by atoms with van der Waals surface area (Å²) in [5, 5.41) is 7.22.